The van der Waals surface area contributed by atoms with Crippen LogP contribution >= 0.6 is 0 Å². The average molecular weight is 386 g/mol. The number of nitrogens with one attached hydrogen (secondary N) is 2. The smallest absolute Gasteiger partial charge is 0.271 e. The topological polar surface area (TPSA) is 90.9 Å². The lowest BCUT2D eigenvalue weighted by Crippen LogP contribution is -2.40. The van der Waals surface area contributed by atoms with E-state index in [0.29, 0.717) is 5.69 Å². The van der Waals surface area contributed by atoms with Crippen LogP contribution < -0.4 is 10.6 Å². The van der Waals surface area contributed by atoms with Crippen molar-refractivity contribution < 1.29 is 23.2 Å². The summed E-state index contributed by atoms with van der Waals surface area (Å²) in [6.45, 7) is -0.458. The van der Waals surface area contributed by atoms with Gasteiger partial charge in [0, 0.05) is 18.5 Å². The molecule has 1 heterocycles. The molecule has 3 rings (SSSR count). The van der Waals surface area contributed by atoms with E-state index in [1.54, 1.807) is 6.07 Å². The zero-order valence-corrected chi connectivity index (χ0v) is 14.6. The lowest BCUT2D eigenvalue weighted by atomic mass is 10.1. The van der Waals surface area contributed by atoms with E-state index < -0.39 is 35.9 Å². The van der Waals surface area contributed by atoms with Crippen molar-refractivity contribution in [1.29, 1.82) is 0 Å². The summed E-state index contributed by atoms with van der Waals surface area (Å²) < 4.78 is 26.5. The number of hydrogen-bond donors (Lipinski definition) is 2. The van der Waals surface area contributed by atoms with E-state index in [1.165, 1.54) is 42.5 Å². The zero-order valence-electron chi connectivity index (χ0n) is 14.6. The molecule has 144 valence electrons. The molecule has 0 fully saturated rings. The van der Waals surface area contributed by atoms with Gasteiger partial charge in [-0.3, -0.25) is 14.4 Å². The van der Waals surface area contributed by atoms with Gasteiger partial charge in [0.15, 0.2) is 0 Å². The molecule has 1 aliphatic heterocycles. The van der Waals surface area contributed by atoms with Crippen molar-refractivity contribution in [2.45, 2.75) is 12.8 Å². The van der Waals surface area contributed by atoms with Crippen LogP contribution in [0.25, 0.3) is 0 Å². The van der Waals surface area contributed by atoms with Gasteiger partial charge in [0.25, 0.3) is 5.91 Å². The molecule has 2 N–H and O–H groups in total. The van der Waals surface area contributed by atoms with Crippen LogP contribution in [-0.4, -0.2) is 35.0 Å². The second kappa shape index (κ2) is 8.38. The fraction of sp³-hybridized carbons (Fsp3) is 0.158. The van der Waals surface area contributed by atoms with Crippen LogP contribution in [0.5, 0.6) is 0 Å². The minimum atomic E-state index is -0.651. The Kier molecular flexibility index (Phi) is 5.73. The highest BCUT2D eigenvalue weighted by Gasteiger charge is 2.26. The van der Waals surface area contributed by atoms with Crippen LogP contribution in [0.2, 0.25) is 0 Å². The molecule has 1 aliphatic rings. The number of anilines is 2. The van der Waals surface area contributed by atoms with E-state index in [9.17, 15) is 23.2 Å². The van der Waals surface area contributed by atoms with Gasteiger partial charge in [0.2, 0.25) is 11.8 Å². The second-order valence-corrected chi connectivity index (χ2v) is 5.99. The van der Waals surface area contributed by atoms with Crippen LogP contribution in [0.3, 0.4) is 0 Å². The molecule has 9 heteroatoms. The first-order valence-corrected chi connectivity index (χ1v) is 8.41. The molecule has 3 amide bonds. The van der Waals surface area contributed by atoms with Crippen molar-refractivity contribution in [3.8, 4) is 0 Å². The van der Waals surface area contributed by atoms with E-state index in [4.69, 9.17) is 0 Å². The highest BCUT2D eigenvalue weighted by Crippen LogP contribution is 2.15. The van der Waals surface area contributed by atoms with E-state index in [2.05, 4.69) is 15.7 Å². The maximum atomic E-state index is 13.6. The van der Waals surface area contributed by atoms with Crippen molar-refractivity contribution in [1.82, 2.24) is 5.01 Å². The van der Waals surface area contributed by atoms with Gasteiger partial charge in [-0.05, 0) is 36.4 Å². The molecule has 2 aromatic rings. The third-order valence-corrected chi connectivity index (χ3v) is 3.91. The summed E-state index contributed by atoms with van der Waals surface area (Å²) in [5, 5.41) is 9.72. The third kappa shape index (κ3) is 4.76. The molecule has 2 aromatic carbocycles. The molecule has 7 nitrogen and oxygen atoms in total. The Balaban J connectivity index is 1.66. The third-order valence-electron chi connectivity index (χ3n) is 3.91. The van der Waals surface area contributed by atoms with Gasteiger partial charge in [-0.25, -0.2) is 13.8 Å². The number of carbonyl (C=O) groups excluding carboxylic acids is 3. The van der Waals surface area contributed by atoms with Gasteiger partial charge in [-0.2, -0.15) is 5.10 Å². The number of halogens is 2. The lowest BCUT2D eigenvalue weighted by molar-refractivity contribution is -0.135. The number of hydrogen-bond acceptors (Lipinski definition) is 4. The Morgan fingerprint density at radius 2 is 1.71 bits per heavy atom. The molecule has 28 heavy (non-hydrogen) atoms. The van der Waals surface area contributed by atoms with Gasteiger partial charge in [-0.15, -0.1) is 0 Å². The van der Waals surface area contributed by atoms with Crippen LogP contribution in [0, 0.1) is 11.6 Å². The SMILES string of the molecule is O=C(CN1N=C(C(=O)Nc2ccc(F)cc2)CCC1=O)Nc1ccccc1F. The summed E-state index contributed by atoms with van der Waals surface area (Å²) in [4.78, 5) is 36.4. The van der Waals surface area contributed by atoms with Gasteiger partial charge >= 0.3 is 0 Å². The summed E-state index contributed by atoms with van der Waals surface area (Å²) in [7, 11) is 0. The number of rotatable bonds is 5. The highest BCUT2D eigenvalue weighted by molar-refractivity contribution is 6.43. The molecular formula is C19H16F2N4O3. The number of carbonyl (C=O) groups is 3. The Labute approximate surface area is 159 Å². The Hall–Kier alpha value is -3.62. The second-order valence-electron chi connectivity index (χ2n) is 5.99. The van der Waals surface area contributed by atoms with Crippen molar-refractivity contribution in [2.75, 3.05) is 17.2 Å². The minimum absolute atomic E-state index is 0.00263. The fourth-order valence-corrected chi connectivity index (χ4v) is 2.51. The van der Waals surface area contributed by atoms with E-state index in [-0.39, 0.29) is 24.2 Å². The Bertz CT molecular complexity index is 944. The molecule has 0 bridgehead atoms. The van der Waals surface area contributed by atoms with Crippen LogP contribution in [0.1, 0.15) is 12.8 Å². The Morgan fingerprint density at radius 1 is 1.00 bits per heavy atom. The predicted octanol–water partition coefficient (Wildman–Crippen LogP) is 2.52. The summed E-state index contributed by atoms with van der Waals surface area (Å²) in [5.74, 6) is -2.68. The molecule has 0 aliphatic carbocycles. The van der Waals surface area contributed by atoms with Crippen LogP contribution in [-0.2, 0) is 14.4 Å². The normalized spacial score (nSPS) is 13.7. The maximum Gasteiger partial charge on any atom is 0.271 e. The molecule has 0 saturated heterocycles. The van der Waals surface area contributed by atoms with Crippen molar-refractivity contribution >= 4 is 34.8 Å². The van der Waals surface area contributed by atoms with Gasteiger partial charge in [0.1, 0.15) is 23.9 Å². The summed E-state index contributed by atoms with van der Waals surface area (Å²) in [6.07, 6.45) is 0.111. The zero-order chi connectivity index (χ0) is 20.1. The summed E-state index contributed by atoms with van der Waals surface area (Å²) in [5.41, 5.74) is 0.410. The van der Waals surface area contributed by atoms with Crippen LogP contribution in [0.4, 0.5) is 20.2 Å². The molecule has 0 radical (unpaired) electrons. The van der Waals surface area contributed by atoms with Gasteiger partial charge < -0.3 is 10.6 Å². The number of benzene rings is 2. The fourth-order valence-electron chi connectivity index (χ4n) is 2.51. The molecular weight excluding hydrogens is 370 g/mol. The largest absolute Gasteiger partial charge is 0.322 e. The predicted molar refractivity (Wildman–Crippen MR) is 98.4 cm³/mol. The van der Waals surface area contributed by atoms with E-state index >= 15 is 0 Å². The van der Waals surface area contributed by atoms with Crippen molar-refractivity contribution in [2.24, 2.45) is 5.10 Å². The first kappa shape index (κ1) is 19.2. The van der Waals surface area contributed by atoms with E-state index in [1.807, 2.05) is 0 Å². The van der Waals surface area contributed by atoms with E-state index in [0.717, 1.165) is 5.01 Å². The molecule has 0 unspecified atom stereocenters. The van der Waals surface area contributed by atoms with Crippen molar-refractivity contribution in [3.63, 3.8) is 0 Å². The van der Waals surface area contributed by atoms with Crippen LogP contribution in [0.15, 0.2) is 53.6 Å². The molecule has 0 spiro atoms. The first-order valence-electron chi connectivity index (χ1n) is 8.41. The quantitative estimate of drug-likeness (QED) is 0.827. The van der Waals surface area contributed by atoms with Gasteiger partial charge in [0.05, 0.1) is 5.69 Å². The minimum Gasteiger partial charge on any atom is -0.322 e. The first-order chi connectivity index (χ1) is 13.4. The number of nitrogens with zero attached hydrogens (tertiary/aromatic N) is 2. The number of amides is 3. The standard InChI is InChI=1S/C19H16F2N4O3/c20-12-5-7-13(8-6-12)22-19(28)16-9-10-18(27)25(24-16)11-17(26)23-15-4-2-1-3-14(15)21/h1-8H,9-11H2,(H,22,28)(H,23,26). The Morgan fingerprint density at radius 3 is 2.43 bits per heavy atom. The van der Waals surface area contributed by atoms with Gasteiger partial charge in [-0.1, -0.05) is 12.1 Å². The van der Waals surface area contributed by atoms with Crippen molar-refractivity contribution in [3.05, 3.63) is 60.2 Å². The highest BCUT2D eigenvalue weighted by atomic mass is 19.1. The lowest BCUT2D eigenvalue weighted by Gasteiger charge is -2.22. The molecule has 0 saturated carbocycles. The number of para-hydroxylation sites is 1. The molecule has 0 atom stereocenters. The maximum absolute atomic E-state index is 13.6. The summed E-state index contributed by atoms with van der Waals surface area (Å²) >= 11 is 0. The molecule has 0 aromatic heterocycles. The monoisotopic (exact) mass is 386 g/mol. The number of hydrazone groups is 1. The summed E-state index contributed by atoms with van der Waals surface area (Å²) in [6, 6.07) is 10.8. The average Bonchev–Trinajstić information content (AvgIpc) is 2.67.